The van der Waals surface area contributed by atoms with Gasteiger partial charge in [-0.05, 0) is 23.8 Å². The number of hydrogen-bond donors (Lipinski definition) is 1. The van der Waals surface area contributed by atoms with E-state index in [9.17, 15) is 9.59 Å². The molecule has 0 radical (unpaired) electrons. The van der Waals surface area contributed by atoms with Gasteiger partial charge < -0.3 is 15.5 Å². The Hall–Kier alpha value is -1.75. The summed E-state index contributed by atoms with van der Waals surface area (Å²) in [6, 6.07) is 5.10. The molecule has 18 heavy (non-hydrogen) atoms. The van der Waals surface area contributed by atoms with Crippen molar-refractivity contribution in [1.29, 1.82) is 0 Å². The van der Waals surface area contributed by atoms with Gasteiger partial charge in [0.25, 0.3) is 0 Å². The number of nitrogen functional groups attached to an aromatic ring is 1. The van der Waals surface area contributed by atoms with E-state index < -0.39 is 11.8 Å². The molecule has 1 aliphatic heterocycles. The second kappa shape index (κ2) is 4.86. The first-order valence-corrected chi connectivity index (χ1v) is 5.95. The number of benzene rings is 1. The van der Waals surface area contributed by atoms with Crippen LogP contribution in [0, 0.1) is 0 Å². The van der Waals surface area contributed by atoms with Crippen LogP contribution >= 0.6 is 11.6 Å². The average Bonchev–Trinajstić information content (AvgIpc) is 2.34. The number of carbonyl (C=O) groups is 2. The van der Waals surface area contributed by atoms with Crippen LogP contribution in [0.1, 0.15) is 5.56 Å². The smallest absolute Gasteiger partial charge is 0.312 e. The Morgan fingerprint density at radius 2 is 2.00 bits per heavy atom. The van der Waals surface area contributed by atoms with Crippen molar-refractivity contribution in [2.24, 2.45) is 0 Å². The fraction of sp³-hybridized carbons (Fsp3) is 0.333. The van der Waals surface area contributed by atoms with E-state index in [2.05, 4.69) is 0 Å². The van der Waals surface area contributed by atoms with Crippen molar-refractivity contribution in [3.63, 3.8) is 0 Å². The Balaban J connectivity index is 2.17. The molecule has 0 saturated carbocycles. The van der Waals surface area contributed by atoms with E-state index in [1.54, 1.807) is 25.2 Å². The second-order valence-corrected chi connectivity index (χ2v) is 4.73. The van der Waals surface area contributed by atoms with Crippen LogP contribution in [-0.4, -0.2) is 41.8 Å². The monoisotopic (exact) mass is 267 g/mol. The highest BCUT2D eigenvalue weighted by Crippen LogP contribution is 2.20. The number of hydrogen-bond acceptors (Lipinski definition) is 3. The molecule has 2 rings (SSSR count). The topological polar surface area (TPSA) is 66.6 Å². The number of rotatable bonds is 2. The van der Waals surface area contributed by atoms with Crippen molar-refractivity contribution >= 4 is 29.1 Å². The largest absolute Gasteiger partial charge is 0.398 e. The molecule has 0 spiro atoms. The fourth-order valence-electron chi connectivity index (χ4n) is 1.84. The third-order valence-corrected chi connectivity index (χ3v) is 3.22. The number of nitrogens with zero attached hydrogens (tertiary/aromatic N) is 2. The summed E-state index contributed by atoms with van der Waals surface area (Å²) in [6.45, 7) is 1.35. The molecule has 0 aromatic heterocycles. The summed E-state index contributed by atoms with van der Waals surface area (Å²) in [7, 11) is 1.62. The summed E-state index contributed by atoms with van der Waals surface area (Å²) in [4.78, 5) is 26.3. The summed E-state index contributed by atoms with van der Waals surface area (Å²) >= 11 is 5.89. The summed E-state index contributed by atoms with van der Waals surface area (Å²) in [5, 5.41) is 0.562. The summed E-state index contributed by atoms with van der Waals surface area (Å²) in [5.41, 5.74) is 7.15. The number of amides is 2. The zero-order valence-electron chi connectivity index (χ0n) is 10.0. The highest BCUT2D eigenvalue weighted by molar-refractivity contribution is 6.35. The van der Waals surface area contributed by atoms with Crippen molar-refractivity contribution in [3.8, 4) is 0 Å². The molecular weight excluding hydrogens is 254 g/mol. The lowest BCUT2D eigenvalue weighted by atomic mass is 10.1. The normalized spacial score (nSPS) is 16.3. The molecule has 1 saturated heterocycles. The molecule has 5 nitrogen and oxygen atoms in total. The molecule has 0 unspecified atom stereocenters. The first-order chi connectivity index (χ1) is 8.49. The summed E-state index contributed by atoms with van der Waals surface area (Å²) in [6.07, 6.45) is 0. The van der Waals surface area contributed by atoms with Crippen molar-refractivity contribution in [1.82, 2.24) is 9.80 Å². The van der Waals surface area contributed by atoms with Crippen molar-refractivity contribution in [2.75, 3.05) is 25.9 Å². The molecule has 0 bridgehead atoms. The molecule has 1 heterocycles. The van der Waals surface area contributed by atoms with Gasteiger partial charge >= 0.3 is 11.8 Å². The van der Waals surface area contributed by atoms with Gasteiger partial charge in [-0.3, -0.25) is 9.59 Å². The average molecular weight is 268 g/mol. The predicted molar refractivity (Wildman–Crippen MR) is 68.9 cm³/mol. The van der Waals surface area contributed by atoms with E-state index in [4.69, 9.17) is 17.3 Å². The first-order valence-electron chi connectivity index (χ1n) is 5.57. The minimum absolute atomic E-state index is 0.310. The van der Waals surface area contributed by atoms with E-state index in [1.807, 2.05) is 0 Å². The number of anilines is 1. The SMILES string of the molecule is CN1CCN(Cc2cc(Cl)ccc2N)C(=O)C1=O. The summed E-state index contributed by atoms with van der Waals surface area (Å²) < 4.78 is 0. The van der Waals surface area contributed by atoms with Crippen LogP contribution in [0.3, 0.4) is 0 Å². The van der Waals surface area contributed by atoms with Crippen molar-refractivity contribution < 1.29 is 9.59 Å². The van der Waals surface area contributed by atoms with E-state index in [-0.39, 0.29) is 0 Å². The molecule has 2 amide bonds. The van der Waals surface area contributed by atoms with Crippen molar-refractivity contribution in [3.05, 3.63) is 28.8 Å². The molecular formula is C12H14ClN3O2. The van der Waals surface area contributed by atoms with Crippen LogP contribution in [0.2, 0.25) is 5.02 Å². The Morgan fingerprint density at radius 3 is 2.72 bits per heavy atom. The van der Waals surface area contributed by atoms with E-state index in [0.29, 0.717) is 30.3 Å². The lowest BCUT2D eigenvalue weighted by Crippen LogP contribution is -2.52. The van der Waals surface area contributed by atoms with Crippen molar-refractivity contribution in [2.45, 2.75) is 6.54 Å². The van der Waals surface area contributed by atoms with Gasteiger partial charge in [0.05, 0.1) is 0 Å². The highest BCUT2D eigenvalue weighted by atomic mass is 35.5. The van der Waals surface area contributed by atoms with Gasteiger partial charge in [-0.15, -0.1) is 0 Å². The van der Waals surface area contributed by atoms with Gasteiger partial charge in [0.15, 0.2) is 0 Å². The minimum Gasteiger partial charge on any atom is -0.398 e. The molecule has 96 valence electrons. The van der Waals surface area contributed by atoms with Gasteiger partial charge in [0.1, 0.15) is 0 Å². The number of piperazine rings is 1. The third kappa shape index (κ3) is 2.41. The van der Waals surface area contributed by atoms with Crippen LogP contribution < -0.4 is 5.73 Å². The molecule has 2 N–H and O–H groups in total. The Morgan fingerprint density at radius 1 is 1.28 bits per heavy atom. The maximum atomic E-state index is 11.8. The van der Waals surface area contributed by atoms with Gasteiger partial charge in [0.2, 0.25) is 0 Å². The van der Waals surface area contributed by atoms with Crippen LogP contribution in [0.25, 0.3) is 0 Å². The lowest BCUT2D eigenvalue weighted by molar-refractivity contribution is -0.155. The zero-order valence-corrected chi connectivity index (χ0v) is 10.8. The van der Waals surface area contributed by atoms with Gasteiger partial charge in [-0.2, -0.15) is 0 Å². The number of carbonyl (C=O) groups excluding carboxylic acids is 2. The van der Waals surface area contributed by atoms with E-state index in [0.717, 1.165) is 5.56 Å². The number of likely N-dealkylation sites (N-methyl/N-ethyl adjacent to an activating group) is 1. The van der Waals surface area contributed by atoms with Gasteiger partial charge in [-0.1, -0.05) is 11.6 Å². The number of nitrogens with two attached hydrogens (primary N) is 1. The molecule has 0 aliphatic carbocycles. The Kier molecular flexibility index (Phi) is 3.43. The van der Waals surface area contributed by atoms with E-state index >= 15 is 0 Å². The fourth-order valence-corrected chi connectivity index (χ4v) is 2.03. The standard InChI is InChI=1S/C12H14ClN3O2/c1-15-4-5-16(12(18)11(15)17)7-8-6-9(13)2-3-10(8)14/h2-3,6H,4-5,7,14H2,1H3. The molecule has 1 aromatic rings. The van der Waals surface area contributed by atoms with Gasteiger partial charge in [0, 0.05) is 37.4 Å². The maximum absolute atomic E-state index is 11.8. The molecule has 1 aliphatic rings. The predicted octanol–water partition coefficient (Wildman–Crippen LogP) is 0.723. The Bertz CT molecular complexity index is 504. The third-order valence-electron chi connectivity index (χ3n) is 2.99. The van der Waals surface area contributed by atoms with Crippen LogP contribution in [-0.2, 0) is 16.1 Å². The summed E-state index contributed by atoms with van der Waals surface area (Å²) in [5.74, 6) is -0.982. The molecule has 0 atom stereocenters. The first kappa shape index (κ1) is 12.7. The van der Waals surface area contributed by atoms with Gasteiger partial charge in [-0.25, -0.2) is 0 Å². The quantitative estimate of drug-likeness (QED) is 0.634. The Labute approximate surface area is 110 Å². The molecule has 1 aromatic carbocycles. The second-order valence-electron chi connectivity index (χ2n) is 4.30. The van der Waals surface area contributed by atoms with Crippen LogP contribution in [0.4, 0.5) is 5.69 Å². The maximum Gasteiger partial charge on any atom is 0.312 e. The number of halogens is 1. The molecule has 1 fully saturated rings. The minimum atomic E-state index is -0.497. The van der Waals surface area contributed by atoms with Crippen LogP contribution in [0.15, 0.2) is 18.2 Å². The zero-order chi connectivity index (χ0) is 13.3. The lowest BCUT2D eigenvalue weighted by Gasteiger charge is -2.31. The van der Waals surface area contributed by atoms with E-state index in [1.165, 1.54) is 9.80 Å². The van der Waals surface area contributed by atoms with Crippen LogP contribution in [0.5, 0.6) is 0 Å². The molecule has 6 heteroatoms. The highest BCUT2D eigenvalue weighted by Gasteiger charge is 2.30.